The monoisotopic (exact) mass is 430 g/mol. The summed E-state index contributed by atoms with van der Waals surface area (Å²) < 4.78 is 11.5. The molecule has 0 saturated carbocycles. The molecule has 0 spiro atoms. The first-order valence-corrected chi connectivity index (χ1v) is 7.90. The molecule has 0 saturated heterocycles. The summed E-state index contributed by atoms with van der Waals surface area (Å²) in [5.41, 5.74) is 0.834. The average molecular weight is 431 g/mol. The van der Waals surface area contributed by atoms with Gasteiger partial charge < -0.3 is 9.47 Å². The molecule has 0 aromatic heterocycles. The van der Waals surface area contributed by atoms with Crippen molar-refractivity contribution in [2.75, 3.05) is 6.61 Å². The first-order valence-electron chi connectivity index (χ1n) is 6.44. The minimum Gasteiger partial charge on any atom is -0.490 e. The zero-order chi connectivity index (χ0) is 16.1. The molecule has 0 aliphatic rings. The quantitative estimate of drug-likeness (QED) is 0.306. The van der Waals surface area contributed by atoms with Gasteiger partial charge in [-0.25, -0.2) is 4.79 Å². The lowest BCUT2D eigenvalue weighted by Gasteiger charge is -2.13. The Morgan fingerprint density at radius 1 is 1.27 bits per heavy atom. The van der Waals surface area contributed by atoms with Crippen LogP contribution in [0.15, 0.2) is 36.4 Å². The third-order valence-corrected chi connectivity index (χ3v) is 3.80. The Kier molecular flexibility index (Phi) is 5.79. The molecule has 0 fully saturated rings. The molecule has 0 amide bonds. The second kappa shape index (κ2) is 7.60. The van der Waals surface area contributed by atoms with E-state index in [0.29, 0.717) is 37.8 Å². The molecule has 0 heterocycles. The van der Waals surface area contributed by atoms with Gasteiger partial charge in [-0.2, -0.15) is 0 Å². The Balaban J connectivity index is 2.33. The fraction of sp³-hybridized carbons (Fsp3) is 0.125. The maximum Gasteiger partial charge on any atom is 0.343 e. The van der Waals surface area contributed by atoms with Crippen molar-refractivity contribution < 1.29 is 19.1 Å². The molecule has 0 unspecified atom stereocenters. The largest absolute Gasteiger partial charge is 0.490 e. The van der Waals surface area contributed by atoms with E-state index in [1.54, 1.807) is 36.4 Å². The molecule has 6 heteroatoms. The summed E-state index contributed by atoms with van der Waals surface area (Å²) in [5, 5.41) is 0.538. The third-order valence-electron chi connectivity index (χ3n) is 2.74. The summed E-state index contributed by atoms with van der Waals surface area (Å²) in [6.07, 6.45) is 0.718. The van der Waals surface area contributed by atoms with Crippen molar-refractivity contribution in [1.82, 2.24) is 0 Å². The highest BCUT2D eigenvalue weighted by atomic mass is 127. The lowest BCUT2D eigenvalue weighted by atomic mass is 10.2. The van der Waals surface area contributed by atoms with E-state index >= 15 is 0 Å². The molecule has 114 valence electrons. The second-order valence-electron chi connectivity index (χ2n) is 4.28. The summed E-state index contributed by atoms with van der Waals surface area (Å²) in [4.78, 5) is 23.1. The molecule has 2 aromatic carbocycles. The fourth-order valence-electron chi connectivity index (χ4n) is 1.76. The molecule has 0 N–H and O–H groups in total. The van der Waals surface area contributed by atoms with Crippen LogP contribution >= 0.6 is 34.2 Å². The molecule has 0 radical (unpaired) electrons. The topological polar surface area (TPSA) is 52.6 Å². The van der Waals surface area contributed by atoms with Crippen molar-refractivity contribution >= 4 is 46.4 Å². The van der Waals surface area contributed by atoms with Gasteiger partial charge in [0.2, 0.25) is 0 Å². The normalized spacial score (nSPS) is 10.1. The zero-order valence-electron chi connectivity index (χ0n) is 11.6. The van der Waals surface area contributed by atoms with Crippen molar-refractivity contribution in [1.29, 1.82) is 0 Å². The summed E-state index contributed by atoms with van der Waals surface area (Å²) in [6.45, 7) is 2.20. The van der Waals surface area contributed by atoms with Crippen LogP contribution in [0.3, 0.4) is 0 Å². The molecule has 0 aliphatic heterocycles. The molecule has 4 nitrogen and oxygen atoms in total. The lowest BCUT2D eigenvalue weighted by Crippen LogP contribution is -2.11. The number of hydrogen-bond donors (Lipinski definition) is 0. The number of benzene rings is 2. The Morgan fingerprint density at radius 2 is 1.95 bits per heavy atom. The van der Waals surface area contributed by atoms with Crippen LogP contribution in [0.2, 0.25) is 5.02 Å². The van der Waals surface area contributed by atoms with E-state index in [4.69, 9.17) is 21.1 Å². The smallest absolute Gasteiger partial charge is 0.343 e. The third kappa shape index (κ3) is 3.98. The van der Waals surface area contributed by atoms with Gasteiger partial charge in [0.15, 0.2) is 11.5 Å². The Labute approximate surface area is 146 Å². The van der Waals surface area contributed by atoms with Crippen LogP contribution in [-0.4, -0.2) is 18.9 Å². The van der Waals surface area contributed by atoms with Gasteiger partial charge in [0.25, 0.3) is 0 Å². The SMILES string of the molecule is CCOc1cc(C=O)cc(I)c1OC(=O)c1ccc(Cl)cc1. The van der Waals surface area contributed by atoms with Crippen LogP contribution in [0.5, 0.6) is 11.5 Å². The maximum absolute atomic E-state index is 12.2. The first-order chi connectivity index (χ1) is 10.5. The van der Waals surface area contributed by atoms with E-state index in [2.05, 4.69) is 0 Å². The highest BCUT2D eigenvalue weighted by Gasteiger charge is 2.17. The number of rotatable bonds is 5. The standard InChI is InChI=1S/C16H12ClIO4/c1-2-21-14-8-10(9-19)7-13(18)15(14)22-16(20)11-3-5-12(17)6-4-11/h3-9H,2H2,1H3. The molecular formula is C16H12ClIO4. The van der Waals surface area contributed by atoms with Gasteiger partial charge in [-0.05, 0) is 65.9 Å². The molecule has 0 atom stereocenters. The first kappa shape index (κ1) is 16.8. The van der Waals surface area contributed by atoms with E-state index in [9.17, 15) is 9.59 Å². The Hall–Kier alpha value is -1.60. The highest BCUT2D eigenvalue weighted by Crippen LogP contribution is 2.34. The number of ether oxygens (including phenoxy) is 2. The Morgan fingerprint density at radius 3 is 2.55 bits per heavy atom. The molecular weight excluding hydrogens is 419 g/mol. The molecule has 2 rings (SSSR count). The second-order valence-corrected chi connectivity index (χ2v) is 5.88. The summed E-state index contributed by atoms with van der Waals surface area (Å²) in [5.74, 6) is 0.140. The van der Waals surface area contributed by atoms with Gasteiger partial charge in [-0.1, -0.05) is 11.6 Å². The van der Waals surface area contributed by atoms with Crippen LogP contribution in [0.25, 0.3) is 0 Å². The number of carbonyl (C=O) groups excluding carboxylic acids is 2. The van der Waals surface area contributed by atoms with Crippen LogP contribution in [0, 0.1) is 3.57 Å². The highest BCUT2D eigenvalue weighted by molar-refractivity contribution is 14.1. The average Bonchev–Trinajstić information content (AvgIpc) is 2.51. The molecule has 0 bridgehead atoms. The van der Waals surface area contributed by atoms with Gasteiger partial charge in [0.05, 0.1) is 15.7 Å². The van der Waals surface area contributed by atoms with Gasteiger partial charge in [-0.3, -0.25) is 4.79 Å². The van der Waals surface area contributed by atoms with Crippen LogP contribution in [0.1, 0.15) is 27.6 Å². The number of esters is 1. The van der Waals surface area contributed by atoms with E-state index < -0.39 is 5.97 Å². The van der Waals surface area contributed by atoms with Gasteiger partial charge >= 0.3 is 5.97 Å². The van der Waals surface area contributed by atoms with Crippen LogP contribution < -0.4 is 9.47 Å². The summed E-state index contributed by atoms with van der Waals surface area (Å²) >= 11 is 7.79. The van der Waals surface area contributed by atoms with Crippen molar-refractivity contribution in [3.05, 3.63) is 56.1 Å². The van der Waals surface area contributed by atoms with E-state index in [1.165, 1.54) is 0 Å². The van der Waals surface area contributed by atoms with E-state index in [1.807, 2.05) is 29.5 Å². The predicted molar refractivity (Wildman–Crippen MR) is 92.1 cm³/mol. The fourth-order valence-corrected chi connectivity index (χ4v) is 2.62. The van der Waals surface area contributed by atoms with Crippen molar-refractivity contribution in [3.63, 3.8) is 0 Å². The number of halogens is 2. The predicted octanol–water partition coefficient (Wildman–Crippen LogP) is 4.38. The van der Waals surface area contributed by atoms with Gasteiger partial charge in [-0.15, -0.1) is 0 Å². The van der Waals surface area contributed by atoms with Gasteiger partial charge in [0, 0.05) is 10.6 Å². The minimum atomic E-state index is -0.519. The molecule has 0 aliphatic carbocycles. The lowest BCUT2D eigenvalue weighted by molar-refractivity contribution is 0.0727. The number of aldehydes is 1. The maximum atomic E-state index is 12.2. The summed E-state index contributed by atoms with van der Waals surface area (Å²) in [7, 11) is 0. The zero-order valence-corrected chi connectivity index (χ0v) is 14.6. The van der Waals surface area contributed by atoms with Crippen molar-refractivity contribution in [2.24, 2.45) is 0 Å². The van der Waals surface area contributed by atoms with Crippen LogP contribution in [0.4, 0.5) is 0 Å². The van der Waals surface area contributed by atoms with Crippen molar-refractivity contribution in [3.8, 4) is 11.5 Å². The van der Waals surface area contributed by atoms with E-state index in [0.717, 1.165) is 6.29 Å². The van der Waals surface area contributed by atoms with Crippen LogP contribution in [-0.2, 0) is 0 Å². The summed E-state index contributed by atoms with van der Waals surface area (Å²) in [6, 6.07) is 9.56. The molecule has 2 aromatic rings. The number of carbonyl (C=O) groups is 2. The Bertz CT molecular complexity index is 698. The van der Waals surface area contributed by atoms with Crippen molar-refractivity contribution in [2.45, 2.75) is 6.92 Å². The minimum absolute atomic E-state index is 0.299. The number of hydrogen-bond acceptors (Lipinski definition) is 4. The van der Waals surface area contributed by atoms with Gasteiger partial charge in [0.1, 0.15) is 6.29 Å². The molecule has 22 heavy (non-hydrogen) atoms. The van der Waals surface area contributed by atoms with E-state index in [-0.39, 0.29) is 0 Å².